The third-order valence-electron chi connectivity index (χ3n) is 2.37. The number of nitrogens with zero attached hydrogens (tertiary/aromatic N) is 1. The van der Waals surface area contributed by atoms with Gasteiger partial charge in [0.25, 0.3) is 0 Å². The maximum atomic E-state index is 11.5. The fourth-order valence-electron chi connectivity index (χ4n) is 1.52. The zero-order valence-electron chi connectivity index (χ0n) is 9.62. The summed E-state index contributed by atoms with van der Waals surface area (Å²) in [4.78, 5) is 24.6. The highest BCUT2D eigenvalue weighted by atomic mass is 16.5. The fourth-order valence-corrected chi connectivity index (χ4v) is 1.52. The molecule has 1 saturated heterocycles. The van der Waals surface area contributed by atoms with Crippen molar-refractivity contribution in [2.45, 2.75) is 6.42 Å². The van der Waals surface area contributed by atoms with Crippen LogP contribution in [0.2, 0.25) is 0 Å². The molecule has 6 nitrogen and oxygen atoms in total. The number of hydrogen-bond donors (Lipinski definition) is 2. The van der Waals surface area contributed by atoms with E-state index in [4.69, 9.17) is 4.74 Å². The second kappa shape index (κ2) is 7.19. The summed E-state index contributed by atoms with van der Waals surface area (Å²) in [7, 11) is 1.58. The number of ether oxygens (including phenoxy) is 1. The van der Waals surface area contributed by atoms with E-state index < -0.39 is 0 Å². The largest absolute Gasteiger partial charge is 0.383 e. The van der Waals surface area contributed by atoms with Gasteiger partial charge >= 0.3 is 0 Å². The molecular weight excluding hydrogens is 210 g/mol. The van der Waals surface area contributed by atoms with Crippen LogP contribution in [0.3, 0.4) is 0 Å². The molecule has 6 heteroatoms. The highest BCUT2D eigenvalue weighted by Gasteiger charge is 2.18. The zero-order chi connectivity index (χ0) is 11.8. The summed E-state index contributed by atoms with van der Waals surface area (Å²) < 4.78 is 4.82. The van der Waals surface area contributed by atoms with Crippen molar-refractivity contribution >= 4 is 11.8 Å². The molecule has 1 rings (SSSR count). The molecule has 0 aromatic heterocycles. The Kier molecular flexibility index (Phi) is 5.81. The second-order valence-corrected chi connectivity index (χ2v) is 3.69. The van der Waals surface area contributed by atoms with Gasteiger partial charge in [0, 0.05) is 20.2 Å². The predicted octanol–water partition coefficient (Wildman–Crippen LogP) is -1.43. The van der Waals surface area contributed by atoms with Gasteiger partial charge < -0.3 is 20.3 Å². The fraction of sp³-hybridized carbons (Fsp3) is 0.800. The molecule has 2 amide bonds. The van der Waals surface area contributed by atoms with Crippen LogP contribution < -0.4 is 10.6 Å². The zero-order valence-corrected chi connectivity index (χ0v) is 9.62. The third kappa shape index (κ3) is 4.59. The first-order chi connectivity index (χ1) is 7.74. The molecule has 0 aliphatic carbocycles. The van der Waals surface area contributed by atoms with Crippen molar-refractivity contribution in [2.75, 3.05) is 46.4 Å². The number of hydrogen-bond acceptors (Lipinski definition) is 4. The first-order valence-electron chi connectivity index (χ1n) is 5.48. The summed E-state index contributed by atoms with van der Waals surface area (Å²) in [6.07, 6.45) is 0.886. The van der Waals surface area contributed by atoms with Crippen LogP contribution >= 0.6 is 0 Å². The van der Waals surface area contributed by atoms with Crippen LogP contribution in [0, 0.1) is 0 Å². The van der Waals surface area contributed by atoms with Gasteiger partial charge in [0.1, 0.15) is 0 Å². The third-order valence-corrected chi connectivity index (χ3v) is 2.37. The van der Waals surface area contributed by atoms with Crippen molar-refractivity contribution in [2.24, 2.45) is 0 Å². The summed E-state index contributed by atoms with van der Waals surface area (Å²) in [5.74, 6) is -0.147. The topological polar surface area (TPSA) is 70.7 Å². The molecule has 1 aliphatic heterocycles. The predicted molar refractivity (Wildman–Crippen MR) is 59.0 cm³/mol. The number of nitrogens with one attached hydrogen (secondary N) is 2. The lowest BCUT2D eigenvalue weighted by molar-refractivity contribution is -0.134. The summed E-state index contributed by atoms with van der Waals surface area (Å²) >= 11 is 0. The normalized spacial score (nSPS) is 17.1. The monoisotopic (exact) mass is 229 g/mol. The minimum absolute atomic E-state index is 0.0145. The van der Waals surface area contributed by atoms with Crippen LogP contribution in [0.25, 0.3) is 0 Å². The molecule has 16 heavy (non-hydrogen) atoms. The van der Waals surface area contributed by atoms with Crippen molar-refractivity contribution in [1.82, 2.24) is 15.5 Å². The van der Waals surface area contributed by atoms with Gasteiger partial charge in [-0.3, -0.25) is 9.59 Å². The Labute approximate surface area is 95.3 Å². The first-order valence-corrected chi connectivity index (χ1v) is 5.48. The molecule has 0 unspecified atom stereocenters. The first kappa shape index (κ1) is 12.9. The average Bonchev–Trinajstić information content (AvgIpc) is 2.45. The van der Waals surface area contributed by atoms with Crippen molar-refractivity contribution in [3.8, 4) is 0 Å². The summed E-state index contributed by atoms with van der Waals surface area (Å²) in [6.45, 7) is 2.91. The van der Waals surface area contributed by atoms with Gasteiger partial charge in [-0.1, -0.05) is 0 Å². The lowest BCUT2D eigenvalue weighted by atomic mass is 10.4. The molecule has 1 aliphatic rings. The van der Waals surface area contributed by atoms with E-state index >= 15 is 0 Å². The Balaban J connectivity index is 2.27. The van der Waals surface area contributed by atoms with Crippen LogP contribution in [-0.2, 0) is 14.3 Å². The second-order valence-electron chi connectivity index (χ2n) is 3.69. The summed E-state index contributed by atoms with van der Waals surface area (Å²) in [5.41, 5.74) is 0. The van der Waals surface area contributed by atoms with E-state index in [0.29, 0.717) is 26.2 Å². The van der Waals surface area contributed by atoms with Gasteiger partial charge in [-0.25, -0.2) is 0 Å². The molecule has 0 atom stereocenters. The highest BCUT2D eigenvalue weighted by Crippen LogP contribution is 1.96. The molecular formula is C10H19N3O3. The van der Waals surface area contributed by atoms with Gasteiger partial charge in [-0.05, 0) is 13.0 Å². The van der Waals surface area contributed by atoms with E-state index in [0.717, 1.165) is 13.0 Å². The maximum absolute atomic E-state index is 11.5. The van der Waals surface area contributed by atoms with Gasteiger partial charge in [-0.15, -0.1) is 0 Å². The molecule has 1 fully saturated rings. The molecule has 0 saturated carbocycles. The summed E-state index contributed by atoms with van der Waals surface area (Å²) in [6, 6.07) is 0. The Hall–Kier alpha value is -1.14. The highest BCUT2D eigenvalue weighted by molar-refractivity contribution is 5.85. The molecule has 1 heterocycles. The number of methoxy groups -OCH3 is 1. The Morgan fingerprint density at radius 3 is 3.19 bits per heavy atom. The van der Waals surface area contributed by atoms with Crippen molar-refractivity contribution in [1.29, 1.82) is 0 Å². The van der Waals surface area contributed by atoms with Crippen LogP contribution in [0.5, 0.6) is 0 Å². The van der Waals surface area contributed by atoms with E-state index in [9.17, 15) is 9.59 Å². The minimum Gasteiger partial charge on any atom is -0.383 e. The smallest absolute Gasteiger partial charge is 0.239 e. The van der Waals surface area contributed by atoms with E-state index in [1.165, 1.54) is 0 Å². The maximum Gasteiger partial charge on any atom is 0.239 e. The van der Waals surface area contributed by atoms with Gasteiger partial charge in [0.05, 0.1) is 19.7 Å². The molecule has 2 N–H and O–H groups in total. The molecule has 0 spiro atoms. The van der Waals surface area contributed by atoms with Crippen LogP contribution in [0.15, 0.2) is 0 Å². The van der Waals surface area contributed by atoms with E-state index in [1.807, 2.05) is 0 Å². The Morgan fingerprint density at radius 2 is 2.44 bits per heavy atom. The van der Waals surface area contributed by atoms with E-state index in [2.05, 4.69) is 10.6 Å². The van der Waals surface area contributed by atoms with Crippen molar-refractivity contribution in [3.05, 3.63) is 0 Å². The standard InChI is InChI=1S/C10H19N3O3/c1-16-6-4-12-9(14)8-13-5-2-3-11-7-10(13)15/h11H,2-8H2,1H3,(H,12,14). The Bertz CT molecular complexity index is 245. The van der Waals surface area contributed by atoms with E-state index in [-0.39, 0.29) is 18.4 Å². The molecule has 0 bridgehead atoms. The van der Waals surface area contributed by atoms with Crippen molar-refractivity contribution < 1.29 is 14.3 Å². The van der Waals surface area contributed by atoms with Gasteiger partial charge in [0.2, 0.25) is 11.8 Å². The molecule has 92 valence electrons. The van der Waals surface area contributed by atoms with E-state index in [1.54, 1.807) is 12.0 Å². The molecule has 0 aromatic rings. The minimum atomic E-state index is -0.132. The van der Waals surface area contributed by atoms with Crippen LogP contribution in [0.4, 0.5) is 0 Å². The van der Waals surface area contributed by atoms with Gasteiger partial charge in [-0.2, -0.15) is 0 Å². The quantitative estimate of drug-likeness (QED) is 0.567. The number of carbonyl (C=O) groups excluding carboxylic acids is 2. The Morgan fingerprint density at radius 1 is 1.62 bits per heavy atom. The SMILES string of the molecule is COCCNC(=O)CN1CCCNCC1=O. The van der Waals surface area contributed by atoms with Crippen molar-refractivity contribution in [3.63, 3.8) is 0 Å². The van der Waals surface area contributed by atoms with Crippen LogP contribution in [-0.4, -0.2) is 63.2 Å². The number of rotatable bonds is 5. The number of amides is 2. The summed E-state index contributed by atoms with van der Waals surface area (Å²) in [5, 5.41) is 5.70. The lowest BCUT2D eigenvalue weighted by Crippen LogP contribution is -2.43. The van der Waals surface area contributed by atoms with Crippen LogP contribution in [0.1, 0.15) is 6.42 Å². The molecule has 0 aromatic carbocycles. The average molecular weight is 229 g/mol. The van der Waals surface area contributed by atoms with Gasteiger partial charge in [0.15, 0.2) is 0 Å². The lowest BCUT2D eigenvalue weighted by Gasteiger charge is -2.19. The molecule has 0 radical (unpaired) electrons. The number of carbonyl (C=O) groups is 2.